The van der Waals surface area contributed by atoms with E-state index in [4.69, 9.17) is 13.9 Å². The van der Waals surface area contributed by atoms with Crippen molar-refractivity contribution in [3.05, 3.63) is 24.3 Å². The van der Waals surface area contributed by atoms with Crippen molar-refractivity contribution < 1.29 is 23.5 Å². The number of rotatable bonds is 3. The lowest BCUT2D eigenvalue weighted by molar-refractivity contribution is -0.161. The van der Waals surface area contributed by atoms with Crippen LogP contribution in [0.5, 0.6) is 0 Å². The first kappa shape index (κ1) is 19.6. The lowest BCUT2D eigenvalue weighted by Gasteiger charge is -2.46. The van der Waals surface area contributed by atoms with Crippen molar-refractivity contribution in [1.29, 1.82) is 0 Å². The van der Waals surface area contributed by atoms with Crippen LogP contribution >= 0.6 is 0 Å². The summed E-state index contributed by atoms with van der Waals surface area (Å²) < 4.78 is 18.2. The van der Waals surface area contributed by atoms with Crippen molar-refractivity contribution in [3.63, 3.8) is 0 Å². The van der Waals surface area contributed by atoms with Gasteiger partial charge in [0, 0.05) is 17.8 Å². The Labute approximate surface area is 174 Å². The van der Waals surface area contributed by atoms with E-state index in [2.05, 4.69) is 38.4 Å². The highest BCUT2D eigenvalue weighted by molar-refractivity contribution is 6.69. The van der Waals surface area contributed by atoms with Gasteiger partial charge in [-0.1, -0.05) is 18.2 Å². The number of carbonyl (C=O) groups is 2. The monoisotopic (exact) mass is 416 g/mol. The number of allylic oxidation sites excluding steroid dienone is 1. The minimum absolute atomic E-state index is 0.0586. The molecule has 4 aliphatic carbocycles. The summed E-state index contributed by atoms with van der Waals surface area (Å²) in [6.45, 7) is 13.0. The van der Waals surface area contributed by atoms with Crippen molar-refractivity contribution in [2.24, 2.45) is 34.5 Å². The zero-order valence-corrected chi connectivity index (χ0v) is 19.1. The molecule has 2 unspecified atom stereocenters. The molecule has 5 nitrogen and oxygen atoms in total. The van der Waals surface area contributed by atoms with Gasteiger partial charge < -0.3 is 13.9 Å². The van der Waals surface area contributed by atoms with E-state index in [9.17, 15) is 9.59 Å². The van der Waals surface area contributed by atoms with Gasteiger partial charge in [-0.15, -0.1) is 0 Å². The number of carbonyl (C=O) groups excluding carboxylic acids is 2. The molecule has 3 saturated carbocycles. The fourth-order valence-corrected chi connectivity index (χ4v) is 8.97. The fraction of sp³-hybridized carbons (Fsp3) is 0.739. The summed E-state index contributed by atoms with van der Waals surface area (Å²) in [6.07, 6.45) is 7.39. The summed E-state index contributed by atoms with van der Waals surface area (Å²) in [5.41, 5.74) is -0.459. The molecule has 1 aliphatic heterocycles. The van der Waals surface area contributed by atoms with E-state index in [1.807, 2.05) is 6.92 Å². The molecule has 158 valence electrons. The van der Waals surface area contributed by atoms with Gasteiger partial charge in [-0.05, 0) is 63.7 Å². The largest absolute Gasteiger partial charge is 0.469 e. The van der Waals surface area contributed by atoms with Gasteiger partial charge in [0.05, 0.1) is 24.5 Å². The number of hydrogen-bond donors (Lipinski definition) is 0. The minimum Gasteiger partial charge on any atom is -0.469 e. The highest BCUT2D eigenvalue weighted by Crippen LogP contribution is 2.77. The maximum absolute atomic E-state index is 13.2. The lowest BCUT2D eigenvalue weighted by atomic mass is 9.62. The molecule has 0 amide bonds. The minimum atomic E-state index is -1.76. The third-order valence-electron chi connectivity index (χ3n) is 8.58. The first-order valence-electron chi connectivity index (χ1n) is 10.8. The molecule has 5 rings (SSSR count). The molecule has 29 heavy (non-hydrogen) atoms. The van der Waals surface area contributed by atoms with Crippen molar-refractivity contribution in [3.8, 4) is 0 Å². The van der Waals surface area contributed by atoms with Crippen LogP contribution < -0.4 is 0 Å². The Kier molecular flexibility index (Phi) is 3.80. The van der Waals surface area contributed by atoms with Crippen molar-refractivity contribution in [2.75, 3.05) is 7.11 Å². The van der Waals surface area contributed by atoms with Crippen LogP contribution in [0.25, 0.3) is 0 Å². The lowest BCUT2D eigenvalue weighted by Crippen LogP contribution is -2.49. The average Bonchev–Trinajstić information content (AvgIpc) is 3.08. The third-order valence-corrected chi connectivity index (χ3v) is 9.59. The number of methoxy groups -OCH3 is 1. The Morgan fingerprint density at radius 2 is 2.07 bits per heavy atom. The van der Waals surface area contributed by atoms with Crippen LogP contribution in [0.3, 0.4) is 0 Å². The predicted molar refractivity (Wildman–Crippen MR) is 110 cm³/mol. The van der Waals surface area contributed by atoms with Crippen molar-refractivity contribution >= 4 is 20.3 Å². The normalized spacial score (nSPS) is 49.6. The topological polar surface area (TPSA) is 61.8 Å². The maximum Gasteiger partial charge on any atom is 0.313 e. The van der Waals surface area contributed by atoms with E-state index in [1.54, 1.807) is 0 Å². The molecule has 1 saturated heterocycles. The zero-order chi connectivity index (χ0) is 21.0. The smallest absolute Gasteiger partial charge is 0.313 e. The van der Waals surface area contributed by atoms with E-state index in [0.717, 1.165) is 19.3 Å². The maximum atomic E-state index is 13.2. The molecular formula is C23H32O5Si. The zero-order valence-electron chi connectivity index (χ0n) is 18.1. The summed E-state index contributed by atoms with van der Waals surface area (Å²) in [4.78, 5) is 26.3. The van der Waals surface area contributed by atoms with Crippen LogP contribution in [0.15, 0.2) is 24.3 Å². The SMILES string of the molecule is C=C1C[C@]23CC1[C@@H](O[Si](C)(C)C)C[C@H]2[C@]12C=CCC(C)(C(=O)O1)[C@H]2[C@@H]3C(=O)OC. The van der Waals surface area contributed by atoms with E-state index in [0.29, 0.717) is 6.42 Å². The van der Waals surface area contributed by atoms with Crippen molar-refractivity contribution in [1.82, 2.24) is 0 Å². The summed E-state index contributed by atoms with van der Waals surface area (Å²) in [5.74, 6) is -0.552. The van der Waals surface area contributed by atoms with Crippen LogP contribution in [-0.4, -0.2) is 39.1 Å². The molecule has 0 aromatic carbocycles. The number of ether oxygens (including phenoxy) is 2. The second kappa shape index (κ2) is 5.64. The number of hydrogen-bond acceptors (Lipinski definition) is 5. The van der Waals surface area contributed by atoms with Gasteiger partial charge in [-0.2, -0.15) is 0 Å². The average molecular weight is 417 g/mol. The number of esters is 2. The van der Waals surface area contributed by atoms with Crippen LogP contribution in [0, 0.1) is 34.5 Å². The van der Waals surface area contributed by atoms with Gasteiger partial charge in [0.1, 0.15) is 5.60 Å². The van der Waals surface area contributed by atoms with E-state index >= 15 is 0 Å². The van der Waals surface area contributed by atoms with Gasteiger partial charge in [0.25, 0.3) is 0 Å². The molecule has 0 aromatic heterocycles. The van der Waals surface area contributed by atoms with Crippen LogP contribution in [-0.2, 0) is 23.5 Å². The first-order chi connectivity index (χ1) is 13.5. The van der Waals surface area contributed by atoms with Crippen LogP contribution in [0.1, 0.15) is 32.6 Å². The van der Waals surface area contributed by atoms with Crippen molar-refractivity contribution in [2.45, 2.75) is 64.0 Å². The van der Waals surface area contributed by atoms with E-state index < -0.39 is 19.3 Å². The highest BCUT2D eigenvalue weighted by atomic mass is 28.4. The summed E-state index contributed by atoms with van der Waals surface area (Å²) in [6, 6.07) is 0. The molecule has 0 aromatic rings. The summed E-state index contributed by atoms with van der Waals surface area (Å²) in [5, 5.41) is 0. The van der Waals surface area contributed by atoms with Crippen LogP contribution in [0.2, 0.25) is 19.6 Å². The Morgan fingerprint density at radius 1 is 1.34 bits per heavy atom. The van der Waals surface area contributed by atoms with Gasteiger partial charge in [-0.3, -0.25) is 9.59 Å². The Hall–Kier alpha value is -1.40. The van der Waals surface area contributed by atoms with Gasteiger partial charge in [0.2, 0.25) is 0 Å². The second-order valence-corrected chi connectivity index (χ2v) is 15.6. The standard InChI is InChI=1S/C23H32O5Si/c1-13-11-22-12-14(13)15(28-29(4,5)6)10-16(22)23-9-7-8-21(2,20(25)27-23)18(23)17(22)19(24)26-3/h7,9,14-18H,1,8,10-12H2,2-6H3/t14?,15-,16+,17+,18+,21?,22-,23-/m0/s1. The molecule has 1 heterocycles. The molecule has 4 bridgehead atoms. The van der Waals surface area contributed by atoms with E-state index in [-0.39, 0.29) is 47.1 Å². The molecule has 5 aliphatic rings. The fourth-order valence-electron chi connectivity index (χ4n) is 7.81. The highest BCUT2D eigenvalue weighted by Gasteiger charge is 2.81. The van der Waals surface area contributed by atoms with Gasteiger partial charge in [-0.25, -0.2) is 0 Å². The Balaban J connectivity index is 1.68. The van der Waals surface area contributed by atoms with E-state index in [1.165, 1.54) is 12.7 Å². The number of fused-ring (bicyclic) bond motifs is 1. The molecule has 8 atom stereocenters. The Bertz CT molecular complexity index is 843. The first-order valence-corrected chi connectivity index (χ1v) is 14.2. The molecule has 6 heteroatoms. The molecule has 0 radical (unpaired) electrons. The molecule has 4 fully saturated rings. The summed E-state index contributed by atoms with van der Waals surface area (Å²) in [7, 11) is -0.296. The third kappa shape index (κ3) is 2.25. The molecular weight excluding hydrogens is 384 g/mol. The molecule has 1 spiro atoms. The molecule has 0 N–H and O–H groups in total. The summed E-state index contributed by atoms with van der Waals surface area (Å²) >= 11 is 0. The van der Waals surface area contributed by atoms with Gasteiger partial charge in [0.15, 0.2) is 8.32 Å². The Morgan fingerprint density at radius 3 is 2.72 bits per heavy atom. The van der Waals surface area contributed by atoms with Gasteiger partial charge >= 0.3 is 11.9 Å². The quantitative estimate of drug-likeness (QED) is 0.397. The predicted octanol–water partition coefficient (Wildman–Crippen LogP) is 3.86. The second-order valence-electron chi connectivity index (χ2n) is 11.2. The van der Waals surface area contributed by atoms with Crippen LogP contribution in [0.4, 0.5) is 0 Å².